The van der Waals surface area contributed by atoms with Crippen LogP contribution in [0.1, 0.15) is 19.3 Å². The number of para-hydroxylation sites is 1. The molecule has 0 bridgehead atoms. The van der Waals surface area contributed by atoms with Crippen molar-refractivity contribution in [1.29, 1.82) is 0 Å². The maximum atomic E-state index is 6.28. The van der Waals surface area contributed by atoms with Gasteiger partial charge >= 0.3 is 0 Å². The molecule has 3 heteroatoms. The van der Waals surface area contributed by atoms with Crippen molar-refractivity contribution in [2.45, 2.75) is 19.3 Å². The largest absolute Gasteiger partial charge is 0.383 e. The fourth-order valence-corrected chi connectivity index (χ4v) is 3.30. The maximum absolute atomic E-state index is 6.28. The van der Waals surface area contributed by atoms with Crippen LogP contribution in [0.15, 0.2) is 18.2 Å². The Morgan fingerprint density at radius 2 is 2.19 bits per heavy atom. The zero-order valence-electron chi connectivity index (χ0n) is 9.59. The van der Waals surface area contributed by atoms with E-state index in [2.05, 4.69) is 23.3 Å². The van der Waals surface area contributed by atoms with Crippen LogP contribution >= 0.6 is 11.6 Å². The lowest BCUT2D eigenvalue weighted by molar-refractivity contribution is 0.162. The third kappa shape index (κ3) is 1.47. The first kappa shape index (κ1) is 10.3. The third-order valence-electron chi connectivity index (χ3n) is 4.01. The molecule has 1 spiro atoms. The Kier molecular flexibility index (Phi) is 2.28. The van der Waals surface area contributed by atoms with Gasteiger partial charge in [-0.05, 0) is 25.0 Å². The van der Waals surface area contributed by atoms with Crippen LogP contribution < -0.4 is 10.2 Å². The average molecular weight is 237 g/mol. The van der Waals surface area contributed by atoms with Gasteiger partial charge in [-0.3, -0.25) is 0 Å². The summed E-state index contributed by atoms with van der Waals surface area (Å²) in [7, 11) is 2.15. The highest BCUT2D eigenvalue weighted by molar-refractivity contribution is 6.34. The van der Waals surface area contributed by atoms with Gasteiger partial charge in [0.25, 0.3) is 0 Å². The molecule has 0 saturated heterocycles. The molecule has 86 valence electrons. The van der Waals surface area contributed by atoms with Crippen molar-refractivity contribution in [2.75, 3.05) is 30.4 Å². The van der Waals surface area contributed by atoms with Crippen molar-refractivity contribution in [2.24, 2.45) is 5.41 Å². The Hall–Kier alpha value is -0.890. The highest BCUT2D eigenvalue weighted by atomic mass is 35.5. The summed E-state index contributed by atoms with van der Waals surface area (Å²) in [6, 6.07) is 6.10. The summed E-state index contributed by atoms with van der Waals surface area (Å²) in [5.41, 5.74) is 2.82. The normalized spacial score (nSPS) is 22.0. The van der Waals surface area contributed by atoms with Gasteiger partial charge in [0.1, 0.15) is 0 Å². The standard InChI is InChI=1S/C13H17ClN2/c1-16-9-13(6-3-7-13)8-15-11-5-2-4-10(14)12(11)16/h2,4-5,15H,3,6-9H2,1H3. The zero-order valence-corrected chi connectivity index (χ0v) is 10.3. The zero-order chi connectivity index (χ0) is 11.2. The number of benzene rings is 1. The number of nitrogens with one attached hydrogen (secondary N) is 1. The highest BCUT2D eigenvalue weighted by Crippen LogP contribution is 2.46. The lowest BCUT2D eigenvalue weighted by Crippen LogP contribution is -2.43. The van der Waals surface area contributed by atoms with Gasteiger partial charge in [0.2, 0.25) is 0 Å². The Morgan fingerprint density at radius 3 is 2.88 bits per heavy atom. The van der Waals surface area contributed by atoms with Crippen molar-refractivity contribution < 1.29 is 0 Å². The van der Waals surface area contributed by atoms with Gasteiger partial charge in [-0.2, -0.15) is 0 Å². The van der Waals surface area contributed by atoms with E-state index in [1.807, 2.05) is 12.1 Å². The molecule has 1 aromatic rings. The average Bonchev–Trinajstić information content (AvgIpc) is 2.36. The summed E-state index contributed by atoms with van der Waals surface area (Å²) < 4.78 is 0. The predicted octanol–water partition coefficient (Wildman–Crippen LogP) is 3.37. The maximum Gasteiger partial charge on any atom is 0.0788 e. The molecule has 3 rings (SSSR count). The highest BCUT2D eigenvalue weighted by Gasteiger charge is 2.40. The quantitative estimate of drug-likeness (QED) is 0.743. The van der Waals surface area contributed by atoms with E-state index in [-0.39, 0.29) is 0 Å². The molecule has 0 radical (unpaired) electrons. The summed E-state index contributed by atoms with van der Waals surface area (Å²) >= 11 is 6.28. The SMILES string of the molecule is CN1CC2(CCC2)CNc2cccc(Cl)c21. The van der Waals surface area contributed by atoms with Crippen LogP contribution in [0.4, 0.5) is 11.4 Å². The van der Waals surface area contributed by atoms with Gasteiger partial charge in [0.05, 0.1) is 16.4 Å². The molecule has 2 aliphatic rings. The lowest BCUT2D eigenvalue weighted by Gasteiger charge is -2.43. The van der Waals surface area contributed by atoms with Crippen LogP contribution in [-0.4, -0.2) is 20.1 Å². The number of hydrogen-bond donors (Lipinski definition) is 1. The minimum absolute atomic E-state index is 0.483. The van der Waals surface area contributed by atoms with Gasteiger partial charge in [0.15, 0.2) is 0 Å². The van der Waals surface area contributed by atoms with Crippen LogP contribution in [0.25, 0.3) is 0 Å². The molecular formula is C13H17ClN2. The third-order valence-corrected chi connectivity index (χ3v) is 4.31. The van der Waals surface area contributed by atoms with Crippen LogP contribution in [-0.2, 0) is 0 Å². The fraction of sp³-hybridized carbons (Fsp3) is 0.538. The summed E-state index contributed by atoms with van der Waals surface area (Å²) in [6.07, 6.45) is 4.06. The molecule has 0 atom stereocenters. The molecule has 2 nitrogen and oxygen atoms in total. The van der Waals surface area contributed by atoms with Gasteiger partial charge in [-0.25, -0.2) is 0 Å². The van der Waals surface area contributed by atoms with Crippen molar-refractivity contribution in [3.8, 4) is 0 Å². The monoisotopic (exact) mass is 236 g/mol. The first-order chi connectivity index (χ1) is 7.70. The van der Waals surface area contributed by atoms with Crippen molar-refractivity contribution in [3.63, 3.8) is 0 Å². The topological polar surface area (TPSA) is 15.3 Å². The number of hydrogen-bond acceptors (Lipinski definition) is 2. The summed E-state index contributed by atoms with van der Waals surface area (Å²) in [5.74, 6) is 0. The molecule has 1 aliphatic heterocycles. The molecule has 1 aromatic carbocycles. The van der Waals surface area contributed by atoms with E-state index in [1.54, 1.807) is 0 Å². The summed E-state index contributed by atoms with van der Waals surface area (Å²) in [5, 5.41) is 4.41. The minimum Gasteiger partial charge on any atom is -0.383 e. The van der Waals surface area contributed by atoms with E-state index in [1.165, 1.54) is 24.9 Å². The number of anilines is 2. The molecule has 0 aromatic heterocycles. The predicted molar refractivity (Wildman–Crippen MR) is 69.5 cm³/mol. The van der Waals surface area contributed by atoms with E-state index in [0.29, 0.717) is 5.41 Å². The van der Waals surface area contributed by atoms with Crippen molar-refractivity contribution in [3.05, 3.63) is 23.2 Å². The Bertz CT molecular complexity index is 412. The molecule has 16 heavy (non-hydrogen) atoms. The van der Waals surface area contributed by atoms with Crippen molar-refractivity contribution in [1.82, 2.24) is 0 Å². The minimum atomic E-state index is 0.483. The van der Waals surface area contributed by atoms with Gasteiger partial charge in [-0.15, -0.1) is 0 Å². The summed E-state index contributed by atoms with van der Waals surface area (Å²) in [6.45, 7) is 2.21. The summed E-state index contributed by atoms with van der Waals surface area (Å²) in [4.78, 5) is 2.32. The first-order valence-electron chi connectivity index (χ1n) is 5.94. The second-order valence-corrected chi connectivity index (χ2v) is 5.61. The second kappa shape index (κ2) is 3.56. The van der Waals surface area contributed by atoms with E-state index in [4.69, 9.17) is 11.6 Å². The molecule has 1 aliphatic carbocycles. The first-order valence-corrected chi connectivity index (χ1v) is 6.32. The molecule has 0 amide bonds. The van der Waals surface area contributed by atoms with E-state index in [9.17, 15) is 0 Å². The number of nitrogens with zero attached hydrogens (tertiary/aromatic N) is 1. The molecule has 1 saturated carbocycles. The van der Waals surface area contributed by atoms with Crippen LogP contribution in [0, 0.1) is 5.41 Å². The van der Waals surface area contributed by atoms with Gasteiger partial charge in [-0.1, -0.05) is 24.1 Å². The van der Waals surface area contributed by atoms with E-state index in [0.717, 1.165) is 23.8 Å². The van der Waals surface area contributed by atoms with Crippen LogP contribution in [0.3, 0.4) is 0 Å². The second-order valence-electron chi connectivity index (χ2n) is 5.20. The van der Waals surface area contributed by atoms with Gasteiger partial charge < -0.3 is 10.2 Å². The van der Waals surface area contributed by atoms with E-state index >= 15 is 0 Å². The van der Waals surface area contributed by atoms with Crippen molar-refractivity contribution >= 4 is 23.0 Å². The Labute approximate surface area is 102 Å². The molecular weight excluding hydrogens is 220 g/mol. The lowest BCUT2D eigenvalue weighted by atomic mass is 9.68. The van der Waals surface area contributed by atoms with Crippen LogP contribution in [0.2, 0.25) is 5.02 Å². The number of halogens is 1. The fourth-order valence-electron chi connectivity index (χ4n) is 2.98. The molecule has 0 unspecified atom stereocenters. The number of rotatable bonds is 0. The Morgan fingerprint density at radius 1 is 1.38 bits per heavy atom. The van der Waals surface area contributed by atoms with Gasteiger partial charge in [0, 0.05) is 25.6 Å². The number of fused-ring (bicyclic) bond motifs is 1. The molecule has 1 heterocycles. The smallest absolute Gasteiger partial charge is 0.0788 e. The van der Waals surface area contributed by atoms with Crippen LogP contribution in [0.5, 0.6) is 0 Å². The van der Waals surface area contributed by atoms with E-state index < -0.39 is 0 Å². The molecule has 1 N–H and O–H groups in total. The molecule has 1 fully saturated rings. The Balaban J connectivity index is 1.99.